The SMILES string of the molecule is CCNc1ncc(C#N)cc1N(C)Cc1ccc2[nH]ncc2c1. The van der Waals surface area contributed by atoms with Crippen LogP contribution in [0.2, 0.25) is 0 Å². The molecule has 1 aromatic carbocycles. The van der Waals surface area contributed by atoms with Gasteiger partial charge in [-0.1, -0.05) is 6.07 Å². The van der Waals surface area contributed by atoms with Crippen LogP contribution in [0.25, 0.3) is 10.9 Å². The lowest BCUT2D eigenvalue weighted by molar-refractivity contribution is 0.917. The van der Waals surface area contributed by atoms with Crippen LogP contribution >= 0.6 is 0 Å². The second-order valence-corrected chi connectivity index (χ2v) is 5.38. The lowest BCUT2D eigenvalue weighted by Gasteiger charge is -2.22. The summed E-state index contributed by atoms with van der Waals surface area (Å²) >= 11 is 0. The molecule has 2 N–H and O–H groups in total. The highest BCUT2D eigenvalue weighted by atomic mass is 15.1. The molecule has 0 aliphatic heterocycles. The van der Waals surface area contributed by atoms with Crippen LogP contribution in [-0.2, 0) is 6.54 Å². The second kappa shape index (κ2) is 6.36. The predicted octanol–water partition coefficient (Wildman–Crippen LogP) is 2.90. The van der Waals surface area contributed by atoms with Crippen molar-refractivity contribution in [3.05, 3.63) is 47.8 Å². The highest BCUT2D eigenvalue weighted by molar-refractivity contribution is 5.78. The molecule has 0 atom stereocenters. The third-order valence-corrected chi connectivity index (χ3v) is 3.68. The average molecular weight is 306 g/mol. The number of fused-ring (bicyclic) bond motifs is 1. The third kappa shape index (κ3) is 3.09. The summed E-state index contributed by atoms with van der Waals surface area (Å²) in [7, 11) is 2.00. The number of nitrogens with zero attached hydrogens (tertiary/aromatic N) is 4. The standard InChI is InChI=1S/C17H18N6/c1-3-19-17-16(7-13(8-18)9-20-17)23(2)11-12-4-5-15-14(6-12)10-21-22-15/h4-7,9-10H,3,11H2,1-2H3,(H,19,20)(H,21,22). The van der Waals surface area contributed by atoms with Crippen LogP contribution in [0.15, 0.2) is 36.7 Å². The van der Waals surface area contributed by atoms with Crippen molar-refractivity contribution in [3.63, 3.8) is 0 Å². The van der Waals surface area contributed by atoms with E-state index < -0.39 is 0 Å². The quantitative estimate of drug-likeness (QED) is 0.757. The zero-order valence-corrected chi connectivity index (χ0v) is 13.2. The number of nitrogens with one attached hydrogen (secondary N) is 2. The van der Waals surface area contributed by atoms with Crippen molar-refractivity contribution >= 4 is 22.4 Å². The minimum absolute atomic E-state index is 0.554. The number of H-pyrrole nitrogens is 1. The van der Waals surface area contributed by atoms with Crippen molar-refractivity contribution in [1.29, 1.82) is 5.26 Å². The minimum Gasteiger partial charge on any atom is -0.369 e. The Labute approximate surface area is 134 Å². The number of hydrogen-bond acceptors (Lipinski definition) is 5. The van der Waals surface area contributed by atoms with E-state index in [0.29, 0.717) is 5.56 Å². The fourth-order valence-corrected chi connectivity index (χ4v) is 2.56. The lowest BCUT2D eigenvalue weighted by Crippen LogP contribution is -2.19. The molecule has 0 aliphatic carbocycles. The molecule has 6 nitrogen and oxygen atoms in total. The number of aromatic nitrogens is 3. The van der Waals surface area contributed by atoms with Gasteiger partial charge in [-0.15, -0.1) is 0 Å². The molecule has 23 heavy (non-hydrogen) atoms. The summed E-state index contributed by atoms with van der Waals surface area (Å²) in [6, 6.07) is 10.2. The molecule has 0 saturated carbocycles. The number of aromatic amines is 1. The van der Waals surface area contributed by atoms with E-state index in [1.54, 1.807) is 6.20 Å². The minimum atomic E-state index is 0.554. The average Bonchev–Trinajstić information content (AvgIpc) is 3.03. The van der Waals surface area contributed by atoms with Crippen molar-refractivity contribution in [2.75, 3.05) is 23.8 Å². The largest absolute Gasteiger partial charge is 0.369 e. The summed E-state index contributed by atoms with van der Waals surface area (Å²) in [6.07, 6.45) is 3.41. The molecule has 0 fully saturated rings. The topological polar surface area (TPSA) is 80.6 Å². The van der Waals surface area contributed by atoms with Crippen LogP contribution in [-0.4, -0.2) is 28.8 Å². The smallest absolute Gasteiger partial charge is 0.149 e. The molecule has 2 heterocycles. The first-order valence-electron chi connectivity index (χ1n) is 7.48. The first-order valence-corrected chi connectivity index (χ1v) is 7.48. The molecule has 0 unspecified atom stereocenters. The molecule has 116 valence electrons. The Hall–Kier alpha value is -3.07. The first kappa shape index (κ1) is 14.9. The number of nitriles is 1. The zero-order chi connectivity index (χ0) is 16.2. The number of hydrogen-bond donors (Lipinski definition) is 2. The summed E-state index contributed by atoms with van der Waals surface area (Å²) in [5.41, 5.74) is 3.67. The molecular weight excluding hydrogens is 288 g/mol. The van der Waals surface area contributed by atoms with Gasteiger partial charge in [0.25, 0.3) is 0 Å². The Morgan fingerprint density at radius 3 is 2.96 bits per heavy atom. The van der Waals surface area contributed by atoms with Crippen molar-refractivity contribution < 1.29 is 0 Å². The van der Waals surface area contributed by atoms with Crippen LogP contribution < -0.4 is 10.2 Å². The van der Waals surface area contributed by atoms with Crippen LogP contribution in [0, 0.1) is 11.3 Å². The van der Waals surface area contributed by atoms with Gasteiger partial charge in [0.2, 0.25) is 0 Å². The Kier molecular flexibility index (Phi) is 4.11. The van der Waals surface area contributed by atoms with E-state index in [-0.39, 0.29) is 0 Å². The van der Waals surface area contributed by atoms with E-state index in [1.807, 2.05) is 32.3 Å². The maximum absolute atomic E-state index is 9.11. The number of anilines is 2. The highest BCUT2D eigenvalue weighted by Crippen LogP contribution is 2.25. The second-order valence-electron chi connectivity index (χ2n) is 5.38. The van der Waals surface area contributed by atoms with Crippen molar-refractivity contribution in [2.45, 2.75) is 13.5 Å². The van der Waals surface area contributed by atoms with Gasteiger partial charge in [0.15, 0.2) is 0 Å². The first-order chi connectivity index (χ1) is 11.2. The normalized spacial score (nSPS) is 10.5. The third-order valence-electron chi connectivity index (χ3n) is 3.68. The fourth-order valence-electron chi connectivity index (χ4n) is 2.56. The Morgan fingerprint density at radius 1 is 1.30 bits per heavy atom. The summed E-state index contributed by atoms with van der Waals surface area (Å²) in [5.74, 6) is 0.790. The van der Waals surface area contributed by atoms with Gasteiger partial charge in [0, 0.05) is 31.7 Å². The van der Waals surface area contributed by atoms with Gasteiger partial charge in [0.05, 0.1) is 23.0 Å². The summed E-state index contributed by atoms with van der Waals surface area (Å²) < 4.78 is 0. The molecule has 0 aliphatic rings. The Bertz CT molecular complexity index is 861. The molecule has 0 spiro atoms. The van der Waals surface area contributed by atoms with Crippen molar-refractivity contribution in [1.82, 2.24) is 15.2 Å². The lowest BCUT2D eigenvalue weighted by atomic mass is 10.1. The van der Waals surface area contributed by atoms with Gasteiger partial charge >= 0.3 is 0 Å². The fraction of sp³-hybridized carbons (Fsp3) is 0.235. The highest BCUT2D eigenvalue weighted by Gasteiger charge is 2.11. The maximum Gasteiger partial charge on any atom is 0.149 e. The van der Waals surface area contributed by atoms with Crippen LogP contribution in [0.5, 0.6) is 0 Å². The molecule has 2 aromatic heterocycles. The summed E-state index contributed by atoms with van der Waals surface area (Å²) in [5, 5.41) is 20.4. The van der Waals surface area contributed by atoms with Crippen LogP contribution in [0.1, 0.15) is 18.1 Å². The molecule has 3 aromatic rings. The molecule has 6 heteroatoms. The number of pyridine rings is 1. The molecule has 3 rings (SSSR count). The van der Waals surface area contributed by atoms with Gasteiger partial charge < -0.3 is 10.2 Å². The number of rotatable bonds is 5. The number of benzene rings is 1. The Morgan fingerprint density at radius 2 is 2.17 bits per heavy atom. The van der Waals surface area contributed by atoms with Gasteiger partial charge in [0.1, 0.15) is 11.9 Å². The van der Waals surface area contributed by atoms with Gasteiger partial charge in [-0.3, -0.25) is 5.10 Å². The van der Waals surface area contributed by atoms with Crippen molar-refractivity contribution in [3.8, 4) is 6.07 Å². The van der Waals surface area contributed by atoms with Crippen LogP contribution in [0.4, 0.5) is 11.5 Å². The van der Waals surface area contributed by atoms with E-state index in [0.717, 1.165) is 35.5 Å². The van der Waals surface area contributed by atoms with Crippen LogP contribution in [0.3, 0.4) is 0 Å². The van der Waals surface area contributed by atoms with E-state index in [1.165, 1.54) is 5.56 Å². The Balaban J connectivity index is 1.89. The molecule has 0 radical (unpaired) electrons. The monoisotopic (exact) mass is 306 g/mol. The molecular formula is C17H18N6. The molecule has 0 saturated heterocycles. The molecule has 0 bridgehead atoms. The van der Waals surface area contributed by atoms with Crippen molar-refractivity contribution in [2.24, 2.45) is 0 Å². The summed E-state index contributed by atoms with van der Waals surface area (Å²) in [6.45, 7) is 3.52. The zero-order valence-electron chi connectivity index (χ0n) is 13.2. The summed E-state index contributed by atoms with van der Waals surface area (Å²) in [4.78, 5) is 6.44. The predicted molar refractivity (Wildman–Crippen MR) is 91.3 cm³/mol. The van der Waals surface area contributed by atoms with E-state index >= 15 is 0 Å². The maximum atomic E-state index is 9.11. The van der Waals surface area contributed by atoms with E-state index in [4.69, 9.17) is 5.26 Å². The van der Waals surface area contributed by atoms with E-state index in [2.05, 4.69) is 43.6 Å². The van der Waals surface area contributed by atoms with Gasteiger partial charge in [-0.25, -0.2) is 4.98 Å². The van der Waals surface area contributed by atoms with E-state index in [9.17, 15) is 0 Å². The van der Waals surface area contributed by atoms with Gasteiger partial charge in [-0.2, -0.15) is 10.4 Å². The van der Waals surface area contributed by atoms with Gasteiger partial charge in [-0.05, 0) is 30.7 Å². The molecule has 0 amide bonds.